The van der Waals surface area contributed by atoms with Crippen molar-refractivity contribution in [1.82, 2.24) is 5.32 Å². The zero-order chi connectivity index (χ0) is 17.5. The van der Waals surface area contributed by atoms with Crippen LogP contribution < -0.4 is 10.2 Å². The molecule has 0 radical (unpaired) electrons. The maximum atomic E-state index is 12.9. The monoisotopic (exact) mass is 339 g/mol. The van der Waals surface area contributed by atoms with Gasteiger partial charge in [0.05, 0.1) is 13.1 Å². The third kappa shape index (κ3) is 5.26. The molecule has 1 amide bonds. The molecule has 25 heavy (non-hydrogen) atoms. The van der Waals surface area contributed by atoms with Crippen LogP contribution in [-0.2, 0) is 11.2 Å². The van der Waals surface area contributed by atoms with Crippen LogP contribution >= 0.6 is 0 Å². The minimum Gasteiger partial charge on any atom is -0.351 e. The van der Waals surface area contributed by atoms with E-state index in [9.17, 15) is 9.18 Å². The average Bonchev–Trinajstić information content (AvgIpc) is 2.65. The van der Waals surface area contributed by atoms with Crippen molar-refractivity contribution in [2.24, 2.45) is 0 Å². The third-order valence-electron chi connectivity index (χ3n) is 4.59. The molecule has 2 aromatic rings. The van der Waals surface area contributed by atoms with Gasteiger partial charge >= 0.3 is 0 Å². The normalized spacial score (nSPS) is 17.0. The van der Waals surface area contributed by atoms with E-state index in [1.54, 1.807) is 12.1 Å². The third-order valence-corrected chi connectivity index (χ3v) is 4.59. The van der Waals surface area contributed by atoms with E-state index in [4.69, 9.17) is 0 Å². The Morgan fingerprint density at radius 2 is 1.84 bits per heavy atom. The van der Waals surface area contributed by atoms with Gasteiger partial charge in [-0.3, -0.25) is 4.79 Å². The minimum atomic E-state index is -0.232. The van der Waals surface area contributed by atoms with Crippen LogP contribution in [-0.4, -0.2) is 32.1 Å². The van der Waals surface area contributed by atoms with Crippen LogP contribution in [0.3, 0.4) is 0 Å². The predicted molar refractivity (Wildman–Crippen MR) is 97.7 cm³/mol. The molecule has 130 valence electrons. The molecule has 0 bridgehead atoms. The molecule has 0 saturated carbocycles. The molecule has 1 heterocycles. The van der Waals surface area contributed by atoms with Crippen LogP contribution in [0.4, 0.5) is 4.39 Å². The van der Waals surface area contributed by atoms with Gasteiger partial charge in [-0.2, -0.15) is 0 Å². The largest absolute Gasteiger partial charge is 0.351 e. The van der Waals surface area contributed by atoms with Crippen molar-refractivity contribution in [1.29, 1.82) is 0 Å². The van der Waals surface area contributed by atoms with E-state index < -0.39 is 0 Å². The molecule has 3 rings (SSSR count). The Balaban J connectivity index is 1.40. The van der Waals surface area contributed by atoms with Gasteiger partial charge in [-0.05, 0) is 41.3 Å². The standard InChI is InChI=1S/C21H23FN2O/c22-20-8-6-17(7-9-20)10-13-23-21(25)16-24-14-11-19(12-15-24)18-4-2-1-3-5-18/h1-9,11H,10,12-16H2,(H,23,25)/p+1. The first-order valence-corrected chi connectivity index (χ1v) is 8.80. The lowest BCUT2D eigenvalue weighted by Crippen LogP contribution is -3.13. The highest BCUT2D eigenvalue weighted by Gasteiger charge is 2.18. The van der Waals surface area contributed by atoms with Crippen molar-refractivity contribution >= 4 is 11.5 Å². The molecule has 2 N–H and O–H groups in total. The molecule has 0 spiro atoms. The summed E-state index contributed by atoms with van der Waals surface area (Å²) < 4.78 is 12.9. The van der Waals surface area contributed by atoms with Crippen LogP contribution in [0, 0.1) is 5.82 Å². The molecule has 1 unspecified atom stereocenters. The Bertz CT molecular complexity index is 725. The number of hydrogen-bond acceptors (Lipinski definition) is 1. The van der Waals surface area contributed by atoms with Crippen LogP contribution in [0.1, 0.15) is 17.5 Å². The molecule has 1 atom stereocenters. The zero-order valence-electron chi connectivity index (χ0n) is 14.3. The van der Waals surface area contributed by atoms with Crippen molar-refractivity contribution < 1.29 is 14.1 Å². The lowest BCUT2D eigenvalue weighted by molar-refractivity contribution is -0.886. The fourth-order valence-electron chi connectivity index (χ4n) is 3.14. The predicted octanol–water partition coefficient (Wildman–Crippen LogP) is 1.86. The molecule has 0 fully saturated rings. The fraction of sp³-hybridized carbons (Fsp3) is 0.286. The van der Waals surface area contributed by atoms with Gasteiger partial charge in [0.15, 0.2) is 6.54 Å². The quantitative estimate of drug-likeness (QED) is 0.828. The van der Waals surface area contributed by atoms with E-state index >= 15 is 0 Å². The van der Waals surface area contributed by atoms with Crippen LogP contribution in [0.25, 0.3) is 5.57 Å². The van der Waals surface area contributed by atoms with Gasteiger partial charge in [0.25, 0.3) is 5.91 Å². The number of halogens is 1. The smallest absolute Gasteiger partial charge is 0.275 e. The van der Waals surface area contributed by atoms with Crippen LogP contribution in [0.2, 0.25) is 0 Å². The maximum absolute atomic E-state index is 12.9. The molecule has 0 aromatic heterocycles. The van der Waals surface area contributed by atoms with Gasteiger partial charge in [-0.25, -0.2) is 4.39 Å². The summed E-state index contributed by atoms with van der Waals surface area (Å²) in [5.41, 5.74) is 3.69. The molecular formula is C21H24FN2O+. The average molecular weight is 339 g/mol. The number of rotatable bonds is 6. The van der Waals surface area contributed by atoms with E-state index in [1.165, 1.54) is 28.2 Å². The number of hydrogen-bond donors (Lipinski definition) is 2. The van der Waals surface area contributed by atoms with Crippen LogP contribution in [0.15, 0.2) is 60.7 Å². The SMILES string of the molecule is O=C(C[NH+]1CC=C(c2ccccc2)CC1)NCCc1ccc(F)cc1. The number of benzene rings is 2. The van der Waals surface area contributed by atoms with E-state index in [0.717, 1.165) is 31.5 Å². The second kappa shape index (κ2) is 8.58. The van der Waals surface area contributed by atoms with E-state index in [2.05, 4.69) is 35.7 Å². The van der Waals surface area contributed by atoms with Gasteiger partial charge in [0.2, 0.25) is 0 Å². The highest BCUT2D eigenvalue weighted by Crippen LogP contribution is 2.17. The molecule has 1 aliphatic heterocycles. The topological polar surface area (TPSA) is 33.5 Å². The first kappa shape index (κ1) is 17.4. The van der Waals surface area contributed by atoms with Crippen molar-refractivity contribution in [3.63, 3.8) is 0 Å². The maximum Gasteiger partial charge on any atom is 0.275 e. The van der Waals surface area contributed by atoms with E-state index in [1.807, 2.05) is 6.07 Å². The summed E-state index contributed by atoms with van der Waals surface area (Å²) in [6.45, 7) is 2.95. The molecule has 2 aromatic carbocycles. The highest BCUT2D eigenvalue weighted by molar-refractivity contribution is 5.77. The summed E-state index contributed by atoms with van der Waals surface area (Å²) in [7, 11) is 0. The van der Waals surface area contributed by atoms with Gasteiger partial charge in [-0.15, -0.1) is 0 Å². The van der Waals surface area contributed by atoms with E-state index in [0.29, 0.717) is 13.1 Å². The van der Waals surface area contributed by atoms with Crippen molar-refractivity contribution in [2.75, 3.05) is 26.2 Å². The molecule has 1 aliphatic rings. The summed E-state index contributed by atoms with van der Waals surface area (Å²) in [6.07, 6.45) is 3.97. The number of amides is 1. The second-order valence-corrected chi connectivity index (χ2v) is 6.45. The summed E-state index contributed by atoms with van der Waals surface area (Å²) in [6, 6.07) is 16.8. The number of quaternary nitrogens is 1. The lowest BCUT2D eigenvalue weighted by Gasteiger charge is -2.23. The first-order chi connectivity index (χ1) is 12.2. The van der Waals surface area contributed by atoms with Crippen molar-refractivity contribution in [3.8, 4) is 0 Å². The molecule has 3 nitrogen and oxygen atoms in total. The van der Waals surface area contributed by atoms with Gasteiger partial charge in [0.1, 0.15) is 5.82 Å². The minimum absolute atomic E-state index is 0.0775. The second-order valence-electron chi connectivity index (χ2n) is 6.45. The Hall–Kier alpha value is -2.46. The van der Waals surface area contributed by atoms with Gasteiger partial charge < -0.3 is 10.2 Å². The van der Waals surface area contributed by atoms with Crippen molar-refractivity contribution in [3.05, 3.63) is 77.6 Å². The number of nitrogens with one attached hydrogen (secondary N) is 2. The summed E-state index contributed by atoms with van der Waals surface area (Å²) in [5, 5.41) is 2.96. The summed E-state index contributed by atoms with van der Waals surface area (Å²) >= 11 is 0. The molecule has 0 saturated heterocycles. The number of carbonyl (C=O) groups is 1. The van der Waals surface area contributed by atoms with Gasteiger partial charge in [-0.1, -0.05) is 42.5 Å². The summed E-state index contributed by atoms with van der Waals surface area (Å²) in [5.74, 6) is -0.155. The number of carbonyl (C=O) groups excluding carboxylic acids is 1. The molecular weight excluding hydrogens is 315 g/mol. The Morgan fingerprint density at radius 1 is 1.08 bits per heavy atom. The fourth-order valence-corrected chi connectivity index (χ4v) is 3.14. The Labute approximate surface area is 148 Å². The summed E-state index contributed by atoms with van der Waals surface area (Å²) in [4.78, 5) is 13.4. The van der Waals surface area contributed by atoms with Gasteiger partial charge in [0, 0.05) is 13.0 Å². The Morgan fingerprint density at radius 3 is 2.52 bits per heavy atom. The molecule has 4 heteroatoms. The first-order valence-electron chi connectivity index (χ1n) is 8.80. The van der Waals surface area contributed by atoms with Crippen molar-refractivity contribution in [2.45, 2.75) is 12.8 Å². The highest BCUT2D eigenvalue weighted by atomic mass is 19.1. The molecule has 0 aliphatic carbocycles. The zero-order valence-corrected chi connectivity index (χ0v) is 14.3. The van der Waals surface area contributed by atoms with Crippen LogP contribution in [0.5, 0.6) is 0 Å². The lowest BCUT2D eigenvalue weighted by atomic mass is 10.00. The Kier molecular flexibility index (Phi) is 5.96. The van der Waals surface area contributed by atoms with E-state index in [-0.39, 0.29) is 11.7 Å².